The van der Waals surface area contributed by atoms with E-state index < -0.39 is 5.51 Å². The maximum absolute atomic E-state index is 12.2. The molecule has 93 valence electrons. The van der Waals surface area contributed by atoms with Crippen LogP contribution in [0.5, 0.6) is 0 Å². The average Bonchev–Trinajstić information content (AvgIpc) is 2.28. The van der Waals surface area contributed by atoms with Crippen molar-refractivity contribution in [2.24, 2.45) is 0 Å². The first-order valence-corrected chi connectivity index (χ1v) is 5.94. The lowest BCUT2D eigenvalue weighted by Gasteiger charge is -2.09. The monoisotopic (exact) mass is 268 g/mol. The normalized spacial score (nSPS) is 11.3. The SMILES string of the molecule is FC(F)(F)Sc1cccc(Nc2[c]cccc2)c1. The van der Waals surface area contributed by atoms with E-state index in [0.29, 0.717) is 11.4 Å². The molecule has 2 aromatic carbocycles. The number of thioether (sulfide) groups is 1. The van der Waals surface area contributed by atoms with Gasteiger partial charge in [0.15, 0.2) is 0 Å². The molecular formula is C13H9F3NS. The first kappa shape index (κ1) is 12.8. The van der Waals surface area contributed by atoms with Gasteiger partial charge in [0, 0.05) is 22.3 Å². The second-order valence-corrected chi connectivity index (χ2v) is 4.62. The fourth-order valence-electron chi connectivity index (χ4n) is 1.40. The highest BCUT2D eigenvalue weighted by Gasteiger charge is 2.29. The zero-order valence-corrected chi connectivity index (χ0v) is 9.98. The molecule has 1 radical (unpaired) electrons. The molecule has 2 aromatic rings. The number of hydrogen-bond acceptors (Lipinski definition) is 2. The molecule has 5 heteroatoms. The van der Waals surface area contributed by atoms with Crippen LogP contribution in [0, 0.1) is 6.07 Å². The Bertz CT molecular complexity index is 511. The molecule has 0 saturated heterocycles. The molecular weight excluding hydrogens is 259 g/mol. The van der Waals surface area contributed by atoms with E-state index in [1.165, 1.54) is 12.1 Å². The number of rotatable bonds is 3. The predicted octanol–water partition coefficient (Wildman–Crippen LogP) is 4.84. The molecule has 0 aliphatic heterocycles. The predicted molar refractivity (Wildman–Crippen MR) is 66.9 cm³/mol. The minimum atomic E-state index is -4.27. The molecule has 0 saturated carbocycles. The van der Waals surface area contributed by atoms with Crippen molar-refractivity contribution in [1.29, 1.82) is 0 Å². The summed E-state index contributed by atoms with van der Waals surface area (Å²) in [5.74, 6) is 0. The fraction of sp³-hybridized carbons (Fsp3) is 0.0769. The Balaban J connectivity index is 2.13. The first-order valence-electron chi connectivity index (χ1n) is 5.12. The number of nitrogens with one attached hydrogen (secondary N) is 1. The molecule has 0 amide bonds. The number of benzene rings is 2. The van der Waals surface area contributed by atoms with Gasteiger partial charge in [0.25, 0.3) is 0 Å². The largest absolute Gasteiger partial charge is 0.446 e. The fourth-order valence-corrected chi connectivity index (χ4v) is 2.00. The second kappa shape index (κ2) is 5.35. The average molecular weight is 268 g/mol. The first-order chi connectivity index (χ1) is 8.53. The third-order valence-electron chi connectivity index (χ3n) is 2.06. The van der Waals surface area contributed by atoms with Crippen molar-refractivity contribution in [3.63, 3.8) is 0 Å². The van der Waals surface area contributed by atoms with Crippen LogP contribution < -0.4 is 5.32 Å². The molecule has 0 heterocycles. The van der Waals surface area contributed by atoms with Crippen molar-refractivity contribution in [3.05, 3.63) is 54.6 Å². The third kappa shape index (κ3) is 4.00. The maximum Gasteiger partial charge on any atom is 0.446 e. The van der Waals surface area contributed by atoms with Crippen LogP contribution in [0.3, 0.4) is 0 Å². The van der Waals surface area contributed by atoms with Crippen molar-refractivity contribution in [3.8, 4) is 0 Å². The van der Waals surface area contributed by atoms with Crippen molar-refractivity contribution < 1.29 is 13.2 Å². The Morgan fingerprint density at radius 1 is 1.06 bits per heavy atom. The maximum atomic E-state index is 12.2. The Labute approximate surface area is 107 Å². The zero-order chi connectivity index (χ0) is 13.0. The second-order valence-electron chi connectivity index (χ2n) is 3.48. The summed E-state index contributed by atoms with van der Waals surface area (Å²) in [6.45, 7) is 0. The quantitative estimate of drug-likeness (QED) is 0.799. The number of alkyl halides is 3. The van der Waals surface area contributed by atoms with Gasteiger partial charge in [0.1, 0.15) is 0 Å². The van der Waals surface area contributed by atoms with Gasteiger partial charge in [-0.1, -0.05) is 24.3 Å². The summed E-state index contributed by atoms with van der Waals surface area (Å²) in [6, 6.07) is 16.3. The molecule has 0 aliphatic rings. The number of para-hydroxylation sites is 1. The van der Waals surface area contributed by atoms with E-state index >= 15 is 0 Å². The summed E-state index contributed by atoms with van der Waals surface area (Å²) >= 11 is -0.125. The van der Waals surface area contributed by atoms with Crippen molar-refractivity contribution in [1.82, 2.24) is 0 Å². The van der Waals surface area contributed by atoms with Crippen LogP contribution in [0.25, 0.3) is 0 Å². The van der Waals surface area contributed by atoms with Crippen molar-refractivity contribution in [2.45, 2.75) is 10.4 Å². The van der Waals surface area contributed by atoms with Crippen LogP contribution in [0.2, 0.25) is 0 Å². The van der Waals surface area contributed by atoms with Gasteiger partial charge in [-0.15, -0.1) is 0 Å². The Kier molecular flexibility index (Phi) is 3.81. The van der Waals surface area contributed by atoms with E-state index in [2.05, 4.69) is 11.4 Å². The highest BCUT2D eigenvalue weighted by molar-refractivity contribution is 8.00. The molecule has 0 bridgehead atoms. The van der Waals surface area contributed by atoms with Crippen molar-refractivity contribution in [2.75, 3.05) is 5.32 Å². The molecule has 1 N–H and O–H groups in total. The molecule has 0 unspecified atom stereocenters. The Morgan fingerprint density at radius 3 is 2.56 bits per heavy atom. The summed E-state index contributed by atoms with van der Waals surface area (Å²) in [5, 5.41) is 2.99. The van der Waals surface area contributed by atoms with Gasteiger partial charge in [-0.3, -0.25) is 0 Å². The van der Waals surface area contributed by atoms with Gasteiger partial charge >= 0.3 is 5.51 Å². The van der Waals surface area contributed by atoms with E-state index in [1.807, 2.05) is 12.1 Å². The number of anilines is 2. The summed E-state index contributed by atoms with van der Waals surface area (Å²) < 4.78 is 36.7. The Hall–Kier alpha value is -1.62. The molecule has 2 rings (SSSR count). The van der Waals surface area contributed by atoms with E-state index in [4.69, 9.17) is 0 Å². The zero-order valence-electron chi connectivity index (χ0n) is 9.16. The van der Waals surface area contributed by atoms with Crippen LogP contribution in [-0.2, 0) is 0 Å². The van der Waals surface area contributed by atoms with Gasteiger partial charge in [-0.25, -0.2) is 0 Å². The van der Waals surface area contributed by atoms with E-state index in [0.717, 1.165) is 0 Å². The van der Waals surface area contributed by atoms with E-state index in [1.54, 1.807) is 24.3 Å². The Morgan fingerprint density at radius 2 is 1.89 bits per heavy atom. The van der Waals surface area contributed by atoms with Crippen LogP contribution in [0.4, 0.5) is 24.5 Å². The van der Waals surface area contributed by atoms with Crippen molar-refractivity contribution >= 4 is 23.1 Å². The summed E-state index contributed by atoms with van der Waals surface area (Å²) in [6.07, 6.45) is 0. The minimum Gasteiger partial charge on any atom is -0.355 e. The summed E-state index contributed by atoms with van der Waals surface area (Å²) in [5.41, 5.74) is -2.95. The number of halogens is 3. The minimum absolute atomic E-state index is 0.125. The summed E-state index contributed by atoms with van der Waals surface area (Å²) in [4.78, 5) is 0.156. The van der Waals surface area contributed by atoms with Crippen LogP contribution >= 0.6 is 11.8 Å². The lowest BCUT2D eigenvalue weighted by Crippen LogP contribution is -1.99. The standard InChI is InChI=1S/C13H9F3NS/c14-13(15,16)18-12-8-4-7-11(9-12)17-10-5-2-1-3-6-10/h1-5,7-9,17H. The highest BCUT2D eigenvalue weighted by atomic mass is 32.2. The van der Waals surface area contributed by atoms with Gasteiger partial charge in [0.2, 0.25) is 0 Å². The number of hydrogen-bond donors (Lipinski definition) is 1. The smallest absolute Gasteiger partial charge is 0.355 e. The van der Waals surface area contributed by atoms with Gasteiger partial charge < -0.3 is 5.32 Å². The molecule has 0 aromatic heterocycles. The molecule has 1 nitrogen and oxygen atoms in total. The molecule has 0 spiro atoms. The van der Waals surface area contributed by atoms with E-state index in [-0.39, 0.29) is 16.7 Å². The molecule has 18 heavy (non-hydrogen) atoms. The molecule has 0 fully saturated rings. The highest BCUT2D eigenvalue weighted by Crippen LogP contribution is 2.37. The van der Waals surface area contributed by atoms with E-state index in [9.17, 15) is 13.2 Å². The van der Waals surface area contributed by atoms with Crippen LogP contribution in [0.1, 0.15) is 0 Å². The third-order valence-corrected chi connectivity index (χ3v) is 2.78. The molecule has 0 aliphatic carbocycles. The van der Waals surface area contributed by atoms with Gasteiger partial charge in [0.05, 0.1) is 0 Å². The van der Waals surface area contributed by atoms with Gasteiger partial charge in [-0.05, 0) is 36.0 Å². The van der Waals surface area contributed by atoms with Crippen LogP contribution in [0.15, 0.2) is 53.4 Å². The summed E-state index contributed by atoms with van der Waals surface area (Å²) in [7, 11) is 0. The van der Waals surface area contributed by atoms with Gasteiger partial charge in [-0.2, -0.15) is 13.2 Å². The lowest BCUT2D eigenvalue weighted by atomic mass is 10.3. The molecule has 0 atom stereocenters. The lowest BCUT2D eigenvalue weighted by molar-refractivity contribution is -0.0328. The topological polar surface area (TPSA) is 12.0 Å². The van der Waals surface area contributed by atoms with Crippen LogP contribution in [-0.4, -0.2) is 5.51 Å².